The summed E-state index contributed by atoms with van der Waals surface area (Å²) < 4.78 is 52.6. The van der Waals surface area contributed by atoms with Crippen LogP contribution in [-0.2, 0) is 31.9 Å². The zero-order valence-corrected chi connectivity index (χ0v) is 16.8. The van der Waals surface area contributed by atoms with Gasteiger partial charge in [0.2, 0.25) is 0 Å². The Hall–Kier alpha value is 5.82. The van der Waals surface area contributed by atoms with Gasteiger partial charge >= 0.3 is 15.0 Å². The van der Waals surface area contributed by atoms with Gasteiger partial charge in [-0.2, -0.15) is 0 Å². The van der Waals surface area contributed by atoms with Gasteiger partial charge in [-0.3, -0.25) is 9.79 Å². The maximum atomic E-state index is 9.43. The second-order valence-electron chi connectivity index (χ2n) is 1.46. The summed E-state index contributed by atoms with van der Waals surface area (Å²) in [6.45, 7) is 0. The van der Waals surface area contributed by atoms with Crippen molar-refractivity contribution in [1.82, 2.24) is 0 Å². The van der Waals surface area contributed by atoms with Crippen LogP contribution in [0.15, 0.2) is 0 Å². The minimum absolute atomic E-state index is 0. The van der Waals surface area contributed by atoms with E-state index in [2.05, 4.69) is 25.5 Å². The zero-order chi connectivity index (χ0) is 14.6. The number of hydrogen-bond acceptors (Lipinski definition) is 8. The van der Waals surface area contributed by atoms with Gasteiger partial charge in [-0.15, -0.1) is 0 Å². The SMILES string of the molecule is C.C.CS(=O)(=O)[O-].C[SH2+].O=[P+]([O-])P(=O)(O)O.OS.[Ar].[Ar].[Ar].[Ar]. The summed E-state index contributed by atoms with van der Waals surface area (Å²) in [6, 6.07) is 0. The van der Waals surface area contributed by atoms with Crippen LogP contribution in [0.3, 0.4) is 0 Å². The molecule has 0 rings (SSSR count). The molecule has 3 N–H and O–H groups in total. The minimum atomic E-state index is -4.78. The van der Waals surface area contributed by atoms with E-state index in [4.69, 9.17) is 27.3 Å². The first-order valence-corrected chi connectivity index (χ1v) is 9.47. The molecule has 150 valence electrons. The van der Waals surface area contributed by atoms with Gasteiger partial charge in [0.15, 0.2) is 0 Å². The van der Waals surface area contributed by atoms with E-state index < -0.39 is 25.1 Å². The summed E-state index contributed by atoms with van der Waals surface area (Å²) in [5, 5.41) is 0. The van der Waals surface area contributed by atoms with Crippen molar-refractivity contribution in [2.24, 2.45) is 0 Å². The third kappa shape index (κ3) is 114. The third-order valence-corrected chi connectivity index (χ3v) is 1.91. The maximum absolute atomic E-state index is 9.43. The van der Waals surface area contributed by atoms with Crippen LogP contribution in [-0.4, -0.2) is 39.8 Å². The van der Waals surface area contributed by atoms with Gasteiger partial charge < -0.3 is 14.0 Å². The predicted molar refractivity (Wildman–Crippen MR) is 76.4 cm³/mol. The standard InChI is InChI=1S/CH4O3S.CH4S.2CH4.4Ar.H2O5P2.H2OS/c1-5(2,3)4;1-2;;;;;;;1-6(2)7(3,4)5;1-2/h1H3,(H,2,3,4);2H,1H3;2*1H4;;;;;(H2,3,4,5);1-2H. The van der Waals surface area contributed by atoms with Gasteiger partial charge in [0, 0.05) is 157 Å². The van der Waals surface area contributed by atoms with Gasteiger partial charge in [0.05, 0.1) is 16.4 Å². The molecule has 1 unspecified atom stereocenters. The molecule has 0 aromatic heterocycles. The van der Waals surface area contributed by atoms with Crippen LogP contribution in [0.4, 0.5) is 0 Å². The van der Waals surface area contributed by atoms with Gasteiger partial charge in [-0.1, -0.05) is 19.4 Å². The fourth-order valence-electron chi connectivity index (χ4n) is 0. The Morgan fingerprint density at radius 2 is 1.09 bits per heavy atom. The molecule has 0 aromatic carbocycles. The molecular formula is C4H20Ar4O9P2S3. The maximum Gasteiger partial charge on any atom is 0.561 e. The molecule has 0 saturated carbocycles. The van der Waals surface area contributed by atoms with Crippen molar-refractivity contribution in [2.75, 3.05) is 12.5 Å². The summed E-state index contributed by atoms with van der Waals surface area (Å²) in [4.78, 5) is 24.5. The average molecular weight is 530 g/mol. The monoisotopic (exact) mass is 530 g/mol. The van der Waals surface area contributed by atoms with E-state index in [0.717, 1.165) is 0 Å². The van der Waals surface area contributed by atoms with Gasteiger partial charge in [-0.25, -0.2) is 13.0 Å². The topological polar surface area (TPSA) is 175 Å². The molecule has 0 saturated heterocycles. The quantitative estimate of drug-likeness (QED) is 0.116. The predicted octanol–water partition coefficient (Wildman–Crippen LogP) is -0.368. The summed E-state index contributed by atoms with van der Waals surface area (Å²) in [7, 11) is -12.3. The van der Waals surface area contributed by atoms with Crippen molar-refractivity contribution < 1.29 is 192 Å². The smallest absolute Gasteiger partial charge is 0.561 e. The molecule has 0 aliphatic carbocycles. The molecule has 0 bridgehead atoms. The van der Waals surface area contributed by atoms with Gasteiger partial charge in [-0.05, 0) is 25.5 Å². The summed E-state index contributed by atoms with van der Waals surface area (Å²) in [5.41, 5.74) is 0. The Labute approximate surface area is 264 Å². The Bertz CT molecular complexity index is 304. The first-order valence-electron chi connectivity index (χ1n) is 2.76. The molecule has 0 aliphatic heterocycles. The summed E-state index contributed by atoms with van der Waals surface area (Å²) >= 11 is 5.50. The van der Waals surface area contributed by atoms with Crippen LogP contribution in [0, 0.1) is 151 Å². The van der Waals surface area contributed by atoms with Crippen molar-refractivity contribution in [1.29, 1.82) is 0 Å². The zero-order valence-electron chi connectivity index (χ0n) is 9.46. The van der Waals surface area contributed by atoms with E-state index in [1.54, 1.807) is 6.26 Å². The van der Waals surface area contributed by atoms with Crippen molar-refractivity contribution in [3.8, 4) is 0 Å². The fourth-order valence-corrected chi connectivity index (χ4v) is 0. The molecule has 0 amide bonds. The van der Waals surface area contributed by atoms with Gasteiger partial charge in [0.1, 0.15) is 0 Å². The fraction of sp³-hybridized carbons (Fsp3) is 1.00. The summed E-state index contributed by atoms with van der Waals surface area (Å²) in [5.74, 6) is 0. The Morgan fingerprint density at radius 3 is 1.09 bits per heavy atom. The van der Waals surface area contributed by atoms with Crippen LogP contribution in [0.5, 0.6) is 0 Å². The average Bonchev–Trinajstić information content (AvgIpc) is 2.07. The van der Waals surface area contributed by atoms with E-state index >= 15 is 0 Å². The van der Waals surface area contributed by atoms with Crippen LogP contribution >= 0.6 is 27.9 Å². The molecule has 1 atom stereocenters. The van der Waals surface area contributed by atoms with Crippen LogP contribution in [0.25, 0.3) is 0 Å². The molecule has 9 nitrogen and oxygen atoms in total. The van der Waals surface area contributed by atoms with E-state index in [1.165, 1.54) is 0 Å². The normalized spacial score (nSPS) is 7.59. The molecule has 18 heteroatoms. The first-order chi connectivity index (χ1) is 6.94. The van der Waals surface area contributed by atoms with Crippen molar-refractivity contribution >= 4 is 50.7 Å². The van der Waals surface area contributed by atoms with E-state index in [1.807, 2.05) is 0 Å². The molecular weight excluding hydrogens is 510 g/mol. The summed E-state index contributed by atoms with van der Waals surface area (Å²) in [6.07, 6.45) is 2.41. The number of hydrogen-bond donors (Lipinski definition) is 4. The van der Waals surface area contributed by atoms with Crippen molar-refractivity contribution in [3.63, 3.8) is 0 Å². The Kier molecular flexibility index (Phi) is 118. The second-order valence-corrected chi connectivity index (χ2v) is 6.91. The number of thiol groups is 1. The number of rotatable bonds is 1. The molecule has 0 spiro atoms. The molecule has 0 aromatic rings. The first kappa shape index (κ1) is 63.0. The molecule has 0 heterocycles. The van der Waals surface area contributed by atoms with Crippen molar-refractivity contribution in [3.05, 3.63) is 0 Å². The van der Waals surface area contributed by atoms with Gasteiger partial charge in [0.25, 0.3) is 0 Å². The van der Waals surface area contributed by atoms with Crippen LogP contribution in [0.1, 0.15) is 14.9 Å². The van der Waals surface area contributed by atoms with Crippen LogP contribution in [0.2, 0.25) is 0 Å². The van der Waals surface area contributed by atoms with E-state index in [9.17, 15) is 14.0 Å². The minimum Gasteiger partial charge on any atom is -0.748 e. The Morgan fingerprint density at radius 1 is 1.05 bits per heavy atom. The largest absolute Gasteiger partial charge is 0.748 e. The molecule has 0 fully saturated rings. The van der Waals surface area contributed by atoms with E-state index in [-0.39, 0.29) is 166 Å². The Balaban J connectivity index is -0.0000000110. The van der Waals surface area contributed by atoms with E-state index in [0.29, 0.717) is 6.26 Å². The third-order valence-electron chi connectivity index (χ3n) is 0.213. The van der Waals surface area contributed by atoms with Crippen LogP contribution < -0.4 is 4.89 Å². The second kappa shape index (κ2) is 41.2. The molecule has 0 aliphatic rings. The van der Waals surface area contributed by atoms with Crippen molar-refractivity contribution in [2.45, 2.75) is 14.9 Å². The molecule has 22 heavy (non-hydrogen) atoms. The molecule has 0 radical (unpaired) electrons.